The fourth-order valence-electron chi connectivity index (χ4n) is 3.81. The Hall–Kier alpha value is -1.34. The molecule has 25 heavy (non-hydrogen) atoms. The van der Waals surface area contributed by atoms with Gasteiger partial charge in [-0.1, -0.05) is 23.0 Å². The molecular formula is C19H21NO3S2. The van der Waals surface area contributed by atoms with Gasteiger partial charge in [-0.3, -0.25) is 0 Å². The van der Waals surface area contributed by atoms with Crippen molar-refractivity contribution >= 4 is 28.8 Å². The van der Waals surface area contributed by atoms with Gasteiger partial charge in [0.05, 0.1) is 22.6 Å². The first-order chi connectivity index (χ1) is 12.2. The van der Waals surface area contributed by atoms with Gasteiger partial charge in [-0.25, -0.2) is 0 Å². The Bertz CT molecular complexity index is 817. The number of methoxy groups -OCH3 is 1. The van der Waals surface area contributed by atoms with Gasteiger partial charge in [0.15, 0.2) is 0 Å². The predicted molar refractivity (Wildman–Crippen MR) is 100 cm³/mol. The highest BCUT2D eigenvalue weighted by molar-refractivity contribution is 8.01. The normalized spacial score (nSPS) is 27.1. The zero-order valence-corrected chi connectivity index (χ0v) is 16.0. The van der Waals surface area contributed by atoms with Crippen LogP contribution in [0.3, 0.4) is 0 Å². The topological polar surface area (TPSA) is 51.0 Å². The smallest absolute Gasteiger partial charge is 0.121 e. The van der Waals surface area contributed by atoms with Crippen LogP contribution in [0.5, 0.6) is 0 Å². The van der Waals surface area contributed by atoms with Gasteiger partial charge in [0.2, 0.25) is 0 Å². The van der Waals surface area contributed by atoms with Crippen LogP contribution in [-0.4, -0.2) is 30.7 Å². The van der Waals surface area contributed by atoms with Gasteiger partial charge in [0.1, 0.15) is 5.60 Å². The second kappa shape index (κ2) is 6.76. The van der Waals surface area contributed by atoms with E-state index in [0.717, 1.165) is 37.1 Å². The van der Waals surface area contributed by atoms with E-state index in [-0.39, 0.29) is 11.7 Å². The molecule has 1 aromatic heterocycles. The lowest BCUT2D eigenvalue weighted by Gasteiger charge is -2.30. The molecule has 1 aromatic carbocycles. The van der Waals surface area contributed by atoms with Gasteiger partial charge >= 0.3 is 0 Å². The minimum Gasteiger partial charge on any atom is -0.411 e. The largest absolute Gasteiger partial charge is 0.411 e. The van der Waals surface area contributed by atoms with E-state index in [0.29, 0.717) is 0 Å². The summed E-state index contributed by atoms with van der Waals surface area (Å²) >= 11 is 3.52. The average Bonchev–Trinajstić information content (AvgIpc) is 3.33. The van der Waals surface area contributed by atoms with Crippen LogP contribution in [0.1, 0.15) is 36.5 Å². The Morgan fingerprint density at radius 3 is 2.96 bits per heavy atom. The quantitative estimate of drug-likeness (QED) is 0.623. The predicted octanol–water partition coefficient (Wildman–Crippen LogP) is 4.67. The Kier molecular flexibility index (Phi) is 4.62. The summed E-state index contributed by atoms with van der Waals surface area (Å²) in [5, 5.41) is 14.7. The Balaban J connectivity index is 1.56. The van der Waals surface area contributed by atoms with Crippen molar-refractivity contribution in [1.82, 2.24) is 0 Å². The molecule has 1 aliphatic heterocycles. The molecule has 4 rings (SSSR count). The maximum absolute atomic E-state index is 9.06. The molecule has 2 aliphatic rings. The summed E-state index contributed by atoms with van der Waals surface area (Å²) in [7, 11) is 1.77. The second-order valence-corrected chi connectivity index (χ2v) is 8.76. The molecule has 0 saturated carbocycles. The van der Waals surface area contributed by atoms with Crippen LogP contribution in [0.2, 0.25) is 0 Å². The molecule has 2 heterocycles. The molecule has 1 saturated heterocycles. The second-order valence-electron chi connectivity index (χ2n) is 6.48. The summed E-state index contributed by atoms with van der Waals surface area (Å²) < 4.78 is 12.9. The molecule has 1 N–H and O–H groups in total. The number of ether oxygens (including phenoxy) is 2. The van der Waals surface area contributed by atoms with E-state index in [4.69, 9.17) is 14.7 Å². The van der Waals surface area contributed by atoms with Crippen molar-refractivity contribution in [2.24, 2.45) is 5.16 Å². The third kappa shape index (κ3) is 2.91. The Labute approximate surface area is 155 Å². The van der Waals surface area contributed by atoms with Crippen LogP contribution in [0.15, 0.2) is 43.9 Å². The molecule has 1 fully saturated rings. The number of fused-ring (bicyclic) bond motifs is 1. The summed E-state index contributed by atoms with van der Waals surface area (Å²) in [5.41, 5.74) is 4.03. The number of aryl methyl sites for hydroxylation is 1. The maximum Gasteiger partial charge on any atom is 0.121 e. The van der Waals surface area contributed by atoms with E-state index in [1.54, 1.807) is 30.2 Å². The molecule has 2 atom stereocenters. The maximum atomic E-state index is 9.06. The fraction of sp³-hybridized carbons (Fsp3) is 0.421. The molecule has 6 heteroatoms. The van der Waals surface area contributed by atoms with E-state index in [1.807, 2.05) is 0 Å². The first kappa shape index (κ1) is 17.1. The van der Waals surface area contributed by atoms with Crippen molar-refractivity contribution < 1.29 is 14.7 Å². The summed E-state index contributed by atoms with van der Waals surface area (Å²) in [6, 6.07) is 8.62. The summed E-state index contributed by atoms with van der Waals surface area (Å²) in [6.07, 6.45) is 2.73. The lowest BCUT2D eigenvalue weighted by atomic mass is 9.90. The van der Waals surface area contributed by atoms with Gasteiger partial charge in [-0.15, -0.1) is 11.3 Å². The molecule has 0 amide bonds. The molecular weight excluding hydrogens is 354 g/mol. The summed E-state index contributed by atoms with van der Waals surface area (Å²) in [5.74, 6) is 0. The van der Waals surface area contributed by atoms with Gasteiger partial charge in [0.25, 0.3) is 0 Å². The van der Waals surface area contributed by atoms with Crippen LogP contribution in [0.25, 0.3) is 0 Å². The summed E-state index contributed by atoms with van der Waals surface area (Å²) in [6.45, 7) is 2.83. The fourth-order valence-corrected chi connectivity index (χ4v) is 5.90. The van der Waals surface area contributed by atoms with Crippen molar-refractivity contribution in [3.05, 3.63) is 46.3 Å². The molecule has 132 valence electrons. The number of hydrogen-bond acceptors (Lipinski definition) is 6. The zero-order chi connectivity index (χ0) is 17.4. The van der Waals surface area contributed by atoms with Crippen LogP contribution in [-0.2, 0) is 21.5 Å². The van der Waals surface area contributed by atoms with Crippen molar-refractivity contribution in [2.45, 2.75) is 47.0 Å². The summed E-state index contributed by atoms with van der Waals surface area (Å²) in [4.78, 5) is 1.22. The minimum atomic E-state index is -0.320. The number of thiophene rings is 1. The minimum absolute atomic E-state index is 0.0705. The number of oxime groups is 1. The number of hydrogen-bond donors (Lipinski definition) is 1. The number of nitrogens with zero attached hydrogens (tertiary/aromatic N) is 1. The van der Waals surface area contributed by atoms with E-state index in [1.165, 1.54) is 20.2 Å². The van der Waals surface area contributed by atoms with Crippen LogP contribution in [0.4, 0.5) is 0 Å². The molecule has 4 nitrogen and oxygen atoms in total. The van der Waals surface area contributed by atoms with Gasteiger partial charge in [0, 0.05) is 24.0 Å². The molecule has 1 aliphatic carbocycles. The Morgan fingerprint density at radius 1 is 1.36 bits per heavy atom. The zero-order valence-electron chi connectivity index (χ0n) is 14.3. The first-order valence-electron chi connectivity index (χ1n) is 8.44. The number of benzene rings is 1. The van der Waals surface area contributed by atoms with Crippen LogP contribution >= 0.6 is 23.1 Å². The average molecular weight is 376 g/mol. The molecule has 2 aromatic rings. The van der Waals surface area contributed by atoms with E-state index in [2.05, 4.69) is 41.7 Å². The standard InChI is InChI=1S/C19H21NO3S2/c1-12-19(22-2,7-8-23-12)14-10-18(24-11-14)25-15-4-5-16-13(9-15)3-6-17(16)20-21/h4-5,9-12,21H,3,6-8H2,1-2H3/b20-17-/t12-,19-/m1/s1. The monoisotopic (exact) mass is 375 g/mol. The van der Waals surface area contributed by atoms with Crippen molar-refractivity contribution in [3.63, 3.8) is 0 Å². The molecule has 0 radical (unpaired) electrons. The van der Waals surface area contributed by atoms with Crippen molar-refractivity contribution in [2.75, 3.05) is 13.7 Å². The van der Waals surface area contributed by atoms with Gasteiger partial charge < -0.3 is 14.7 Å². The molecule has 0 bridgehead atoms. The number of rotatable bonds is 4. The Morgan fingerprint density at radius 2 is 2.24 bits per heavy atom. The highest BCUT2D eigenvalue weighted by Gasteiger charge is 2.44. The highest BCUT2D eigenvalue weighted by atomic mass is 32.2. The van der Waals surface area contributed by atoms with Gasteiger partial charge in [-0.05, 0) is 54.5 Å². The third-order valence-corrected chi connectivity index (χ3v) is 7.35. The SMILES string of the molecule is CO[C@]1(c2csc(Sc3ccc4c(c3)CC/C4=N/O)c2)CCO[C@@H]1C. The lowest BCUT2D eigenvalue weighted by molar-refractivity contribution is -0.0645. The molecule has 0 unspecified atom stereocenters. The first-order valence-corrected chi connectivity index (χ1v) is 10.1. The lowest BCUT2D eigenvalue weighted by Crippen LogP contribution is -2.35. The van der Waals surface area contributed by atoms with Crippen LogP contribution < -0.4 is 0 Å². The van der Waals surface area contributed by atoms with Crippen molar-refractivity contribution in [3.8, 4) is 0 Å². The van der Waals surface area contributed by atoms with E-state index >= 15 is 0 Å². The van der Waals surface area contributed by atoms with Crippen LogP contribution in [0, 0.1) is 0 Å². The third-order valence-electron chi connectivity index (χ3n) is 5.28. The molecule has 0 spiro atoms. The van der Waals surface area contributed by atoms with E-state index in [9.17, 15) is 0 Å². The van der Waals surface area contributed by atoms with Gasteiger partial charge in [-0.2, -0.15) is 0 Å². The highest BCUT2D eigenvalue weighted by Crippen LogP contribution is 2.44. The van der Waals surface area contributed by atoms with E-state index < -0.39 is 0 Å². The van der Waals surface area contributed by atoms with Crippen molar-refractivity contribution in [1.29, 1.82) is 0 Å².